The van der Waals surface area contributed by atoms with Gasteiger partial charge in [0.2, 0.25) is 10.0 Å². The number of rotatable bonds is 4. The summed E-state index contributed by atoms with van der Waals surface area (Å²) in [5.41, 5.74) is 1.01. The second-order valence-corrected chi connectivity index (χ2v) is 7.55. The standard InChI is InChI=1S/C14H21ClN2O2S.ClH/c1-3-4-12-5-6-13(15)14(9-12)20(18,19)17-8-7-16-11(2)10-17;/h5-6,9,11,16H,3-4,7-8,10H2,1-2H3;1H/t11-;/m0./s1. The lowest BCUT2D eigenvalue weighted by molar-refractivity contribution is 0.310. The summed E-state index contributed by atoms with van der Waals surface area (Å²) in [6.07, 6.45) is 1.84. The molecule has 0 saturated carbocycles. The van der Waals surface area contributed by atoms with Crippen molar-refractivity contribution in [3.63, 3.8) is 0 Å². The Balaban J connectivity index is 0.00000220. The molecule has 1 heterocycles. The number of halogens is 2. The predicted octanol–water partition coefficient (Wildman–Crippen LogP) is 2.70. The first-order chi connectivity index (χ1) is 9.45. The maximum atomic E-state index is 12.7. The molecule has 0 bridgehead atoms. The second-order valence-electron chi connectivity index (χ2n) is 5.23. The van der Waals surface area contributed by atoms with Gasteiger partial charge < -0.3 is 5.32 Å². The van der Waals surface area contributed by atoms with Crippen LogP contribution in [0.3, 0.4) is 0 Å². The number of hydrogen-bond acceptors (Lipinski definition) is 3. The molecule has 1 aromatic carbocycles. The zero-order valence-electron chi connectivity index (χ0n) is 12.3. The minimum absolute atomic E-state index is 0. The van der Waals surface area contributed by atoms with E-state index in [0.717, 1.165) is 18.4 Å². The Morgan fingerprint density at radius 2 is 2.14 bits per heavy atom. The van der Waals surface area contributed by atoms with Gasteiger partial charge in [0.05, 0.1) is 5.02 Å². The molecule has 1 N–H and O–H groups in total. The maximum Gasteiger partial charge on any atom is 0.244 e. The van der Waals surface area contributed by atoms with E-state index in [1.807, 2.05) is 13.0 Å². The molecule has 2 rings (SSSR count). The monoisotopic (exact) mass is 352 g/mol. The molecule has 120 valence electrons. The highest BCUT2D eigenvalue weighted by atomic mass is 35.5. The molecule has 0 amide bonds. The summed E-state index contributed by atoms with van der Waals surface area (Å²) in [5.74, 6) is 0. The van der Waals surface area contributed by atoms with Gasteiger partial charge in [-0.05, 0) is 31.0 Å². The number of nitrogens with zero attached hydrogens (tertiary/aromatic N) is 1. The van der Waals surface area contributed by atoms with Crippen LogP contribution in [0, 0.1) is 0 Å². The molecule has 1 aromatic rings. The lowest BCUT2D eigenvalue weighted by atomic mass is 10.1. The van der Waals surface area contributed by atoms with Gasteiger partial charge in [0.25, 0.3) is 0 Å². The van der Waals surface area contributed by atoms with Crippen molar-refractivity contribution in [1.82, 2.24) is 9.62 Å². The van der Waals surface area contributed by atoms with Gasteiger partial charge in [-0.2, -0.15) is 4.31 Å². The summed E-state index contributed by atoms with van der Waals surface area (Å²) < 4.78 is 27.0. The van der Waals surface area contributed by atoms with E-state index in [0.29, 0.717) is 24.7 Å². The highest BCUT2D eigenvalue weighted by Crippen LogP contribution is 2.27. The zero-order chi connectivity index (χ0) is 14.8. The lowest BCUT2D eigenvalue weighted by Gasteiger charge is -2.31. The van der Waals surface area contributed by atoms with Gasteiger partial charge in [-0.3, -0.25) is 0 Å². The van der Waals surface area contributed by atoms with Crippen molar-refractivity contribution in [1.29, 1.82) is 0 Å². The first-order valence-corrected chi connectivity index (χ1v) is 8.79. The highest BCUT2D eigenvalue weighted by molar-refractivity contribution is 7.89. The van der Waals surface area contributed by atoms with Crippen LogP contribution in [0.15, 0.2) is 23.1 Å². The minimum Gasteiger partial charge on any atom is -0.312 e. The molecule has 1 aliphatic rings. The molecule has 1 atom stereocenters. The Morgan fingerprint density at radius 1 is 1.43 bits per heavy atom. The van der Waals surface area contributed by atoms with Crippen molar-refractivity contribution in [3.8, 4) is 0 Å². The van der Waals surface area contributed by atoms with Gasteiger partial charge in [-0.1, -0.05) is 31.0 Å². The quantitative estimate of drug-likeness (QED) is 0.906. The molecule has 1 fully saturated rings. The van der Waals surface area contributed by atoms with Crippen LogP contribution >= 0.6 is 24.0 Å². The molecule has 0 aliphatic carbocycles. The molecular weight excluding hydrogens is 331 g/mol. The maximum absolute atomic E-state index is 12.7. The van der Waals surface area contributed by atoms with E-state index in [1.165, 1.54) is 4.31 Å². The van der Waals surface area contributed by atoms with E-state index >= 15 is 0 Å². The summed E-state index contributed by atoms with van der Waals surface area (Å²) in [7, 11) is -3.51. The van der Waals surface area contributed by atoms with Crippen molar-refractivity contribution >= 4 is 34.0 Å². The number of aryl methyl sites for hydroxylation is 1. The molecule has 7 heteroatoms. The average Bonchev–Trinajstić information content (AvgIpc) is 2.41. The van der Waals surface area contributed by atoms with Crippen molar-refractivity contribution < 1.29 is 8.42 Å². The van der Waals surface area contributed by atoms with Crippen LogP contribution in [-0.2, 0) is 16.4 Å². The molecule has 21 heavy (non-hydrogen) atoms. The molecule has 1 saturated heterocycles. The van der Waals surface area contributed by atoms with E-state index < -0.39 is 10.0 Å². The number of hydrogen-bond donors (Lipinski definition) is 1. The molecule has 0 unspecified atom stereocenters. The molecule has 0 aromatic heterocycles. The van der Waals surface area contributed by atoms with Gasteiger partial charge >= 0.3 is 0 Å². The van der Waals surface area contributed by atoms with Gasteiger partial charge in [-0.25, -0.2) is 8.42 Å². The van der Waals surface area contributed by atoms with Gasteiger partial charge in [0.15, 0.2) is 0 Å². The van der Waals surface area contributed by atoms with Crippen LogP contribution in [0.4, 0.5) is 0 Å². The molecular formula is C14H22Cl2N2O2S. The van der Waals surface area contributed by atoms with Crippen molar-refractivity contribution in [2.24, 2.45) is 0 Å². The highest BCUT2D eigenvalue weighted by Gasteiger charge is 2.30. The van der Waals surface area contributed by atoms with Crippen LogP contribution < -0.4 is 5.32 Å². The van der Waals surface area contributed by atoms with Gasteiger partial charge in [0, 0.05) is 25.7 Å². The predicted molar refractivity (Wildman–Crippen MR) is 88.9 cm³/mol. The number of nitrogens with one attached hydrogen (secondary N) is 1. The third-order valence-corrected chi connectivity index (χ3v) is 5.83. The topological polar surface area (TPSA) is 49.4 Å². The van der Waals surface area contributed by atoms with Gasteiger partial charge in [-0.15, -0.1) is 12.4 Å². The summed E-state index contributed by atoms with van der Waals surface area (Å²) in [6, 6.07) is 5.46. The minimum atomic E-state index is -3.51. The van der Waals surface area contributed by atoms with E-state index in [2.05, 4.69) is 12.2 Å². The van der Waals surface area contributed by atoms with Crippen molar-refractivity contribution in [2.75, 3.05) is 19.6 Å². The number of sulfonamides is 1. The molecule has 4 nitrogen and oxygen atoms in total. The van der Waals surface area contributed by atoms with E-state index in [1.54, 1.807) is 12.1 Å². The third kappa shape index (κ3) is 4.33. The van der Waals surface area contributed by atoms with Crippen LogP contribution in [0.2, 0.25) is 5.02 Å². The molecule has 1 aliphatic heterocycles. The normalized spacial score (nSPS) is 20.0. The smallest absolute Gasteiger partial charge is 0.244 e. The van der Waals surface area contributed by atoms with E-state index in [4.69, 9.17) is 11.6 Å². The van der Waals surface area contributed by atoms with Crippen LogP contribution in [0.5, 0.6) is 0 Å². The Hall–Kier alpha value is -0.330. The van der Waals surface area contributed by atoms with Crippen LogP contribution in [0.1, 0.15) is 25.8 Å². The average molecular weight is 353 g/mol. The fourth-order valence-electron chi connectivity index (χ4n) is 2.44. The third-order valence-electron chi connectivity index (χ3n) is 3.48. The Bertz CT molecular complexity index is 578. The fourth-order valence-corrected chi connectivity index (χ4v) is 4.50. The number of piperazine rings is 1. The van der Waals surface area contributed by atoms with E-state index in [-0.39, 0.29) is 23.3 Å². The largest absolute Gasteiger partial charge is 0.312 e. The first-order valence-electron chi connectivity index (χ1n) is 6.97. The van der Waals surface area contributed by atoms with Gasteiger partial charge in [0.1, 0.15) is 4.90 Å². The van der Waals surface area contributed by atoms with Crippen LogP contribution in [0.25, 0.3) is 0 Å². The van der Waals surface area contributed by atoms with E-state index in [9.17, 15) is 8.42 Å². The Kier molecular flexibility index (Phi) is 6.94. The fraction of sp³-hybridized carbons (Fsp3) is 0.571. The molecule has 0 radical (unpaired) electrons. The Labute approximate surface area is 138 Å². The summed E-state index contributed by atoms with van der Waals surface area (Å²) in [5, 5.41) is 3.54. The zero-order valence-corrected chi connectivity index (χ0v) is 14.7. The molecule has 0 spiro atoms. The SMILES string of the molecule is CCCc1ccc(Cl)c(S(=O)(=O)N2CCN[C@@H](C)C2)c1.Cl. The number of benzene rings is 1. The summed E-state index contributed by atoms with van der Waals surface area (Å²) >= 11 is 6.12. The van der Waals surface area contributed by atoms with Crippen molar-refractivity contribution in [3.05, 3.63) is 28.8 Å². The Morgan fingerprint density at radius 3 is 2.76 bits per heavy atom. The summed E-state index contributed by atoms with van der Waals surface area (Å²) in [4.78, 5) is 0.235. The van der Waals surface area contributed by atoms with Crippen LogP contribution in [-0.4, -0.2) is 38.4 Å². The van der Waals surface area contributed by atoms with Crippen molar-refractivity contribution in [2.45, 2.75) is 37.6 Å². The lowest BCUT2D eigenvalue weighted by Crippen LogP contribution is -2.51. The first kappa shape index (κ1) is 18.7. The second kappa shape index (κ2) is 7.79. The summed E-state index contributed by atoms with van der Waals surface area (Å²) in [6.45, 7) is 5.70.